The maximum Gasteiger partial charge on any atom is 0.330 e. The van der Waals surface area contributed by atoms with E-state index >= 15 is 0 Å². The molecule has 1 heterocycles. The molecule has 0 radical (unpaired) electrons. The Hall–Kier alpha value is -1.62. The van der Waals surface area contributed by atoms with Gasteiger partial charge in [0.05, 0.1) is 0 Å². The first-order chi connectivity index (χ1) is 9.09. The minimum atomic E-state index is -0.286. The van der Waals surface area contributed by atoms with E-state index in [1.807, 2.05) is 0 Å². The van der Waals surface area contributed by atoms with Gasteiger partial charge in [-0.1, -0.05) is 12.2 Å². The monoisotopic (exact) mass is 263 g/mol. The summed E-state index contributed by atoms with van der Waals surface area (Å²) in [7, 11) is 3.18. The lowest BCUT2D eigenvalue weighted by Gasteiger charge is -2.18. The van der Waals surface area contributed by atoms with Crippen LogP contribution in [0.3, 0.4) is 0 Å². The van der Waals surface area contributed by atoms with Crippen LogP contribution in [0.4, 0.5) is 0 Å². The van der Waals surface area contributed by atoms with Crippen LogP contribution in [-0.2, 0) is 20.6 Å². The zero-order chi connectivity index (χ0) is 13.8. The molecule has 0 aromatic carbocycles. The molecule has 104 valence electrons. The normalized spacial score (nSPS) is 18.7. The van der Waals surface area contributed by atoms with E-state index in [9.17, 15) is 9.59 Å². The van der Waals surface area contributed by atoms with E-state index in [2.05, 4.69) is 17.5 Å². The topological polar surface area (TPSA) is 56.0 Å². The van der Waals surface area contributed by atoms with Crippen LogP contribution in [0.1, 0.15) is 24.8 Å². The quantitative estimate of drug-likeness (QED) is 0.806. The molecule has 0 amide bonds. The molecule has 1 aromatic rings. The molecule has 0 aliphatic heterocycles. The molecule has 1 N–H and O–H groups in total. The largest absolute Gasteiger partial charge is 0.330 e. The Kier molecular flexibility index (Phi) is 4.37. The number of aryl methyl sites for hydroxylation is 1. The van der Waals surface area contributed by atoms with Crippen LogP contribution in [0, 0.1) is 5.92 Å². The highest BCUT2D eigenvalue weighted by Gasteiger charge is 2.10. The minimum Gasteiger partial charge on any atom is -0.312 e. The molecule has 5 heteroatoms. The zero-order valence-corrected chi connectivity index (χ0v) is 11.6. The van der Waals surface area contributed by atoms with E-state index in [0.29, 0.717) is 18.0 Å². The van der Waals surface area contributed by atoms with Crippen molar-refractivity contribution in [3.8, 4) is 0 Å². The molecule has 2 rings (SSSR count). The number of rotatable bonds is 4. The molecular formula is C14H21N3O2. The van der Waals surface area contributed by atoms with Crippen molar-refractivity contribution in [2.75, 3.05) is 6.54 Å². The van der Waals surface area contributed by atoms with Gasteiger partial charge in [-0.25, -0.2) is 4.79 Å². The third-order valence-corrected chi connectivity index (χ3v) is 3.64. The van der Waals surface area contributed by atoms with Crippen molar-refractivity contribution in [2.45, 2.75) is 25.8 Å². The summed E-state index contributed by atoms with van der Waals surface area (Å²) in [6.45, 7) is 1.43. The van der Waals surface area contributed by atoms with Gasteiger partial charge in [-0.05, 0) is 31.7 Å². The highest BCUT2D eigenvalue weighted by atomic mass is 16.2. The van der Waals surface area contributed by atoms with Gasteiger partial charge >= 0.3 is 5.69 Å². The number of nitrogens with one attached hydrogen (secondary N) is 1. The summed E-state index contributed by atoms with van der Waals surface area (Å²) in [6, 6.07) is 0. The number of hydrogen-bond acceptors (Lipinski definition) is 3. The Morgan fingerprint density at radius 2 is 2.11 bits per heavy atom. The van der Waals surface area contributed by atoms with Crippen LogP contribution in [-0.4, -0.2) is 15.7 Å². The van der Waals surface area contributed by atoms with Gasteiger partial charge in [0.25, 0.3) is 5.56 Å². The van der Waals surface area contributed by atoms with E-state index in [1.165, 1.54) is 18.0 Å². The smallest absolute Gasteiger partial charge is 0.312 e. The predicted octanol–water partition coefficient (Wildman–Crippen LogP) is 0.530. The average molecular weight is 263 g/mol. The first kappa shape index (κ1) is 13.8. The lowest BCUT2D eigenvalue weighted by Crippen LogP contribution is -2.39. The van der Waals surface area contributed by atoms with Gasteiger partial charge in [-0.2, -0.15) is 0 Å². The van der Waals surface area contributed by atoms with E-state index in [4.69, 9.17) is 0 Å². The molecule has 1 aromatic heterocycles. The summed E-state index contributed by atoms with van der Waals surface area (Å²) in [6.07, 6.45) is 9.53. The Balaban J connectivity index is 1.98. The molecule has 1 unspecified atom stereocenters. The summed E-state index contributed by atoms with van der Waals surface area (Å²) < 4.78 is 2.60. The van der Waals surface area contributed by atoms with E-state index in [-0.39, 0.29) is 11.2 Å². The van der Waals surface area contributed by atoms with Crippen LogP contribution < -0.4 is 16.6 Å². The van der Waals surface area contributed by atoms with Gasteiger partial charge < -0.3 is 9.88 Å². The molecule has 1 atom stereocenters. The van der Waals surface area contributed by atoms with Crippen LogP contribution in [0.25, 0.3) is 0 Å². The summed E-state index contributed by atoms with van der Waals surface area (Å²) in [4.78, 5) is 23.5. The molecule has 1 aliphatic rings. The van der Waals surface area contributed by atoms with E-state index < -0.39 is 0 Å². The Bertz CT molecular complexity index is 583. The van der Waals surface area contributed by atoms with Gasteiger partial charge in [0.2, 0.25) is 0 Å². The van der Waals surface area contributed by atoms with Crippen molar-refractivity contribution < 1.29 is 0 Å². The summed E-state index contributed by atoms with van der Waals surface area (Å²) in [5.74, 6) is 0.654. The van der Waals surface area contributed by atoms with Crippen molar-refractivity contribution >= 4 is 0 Å². The van der Waals surface area contributed by atoms with Gasteiger partial charge in [0.15, 0.2) is 0 Å². The Morgan fingerprint density at radius 1 is 1.32 bits per heavy atom. The standard InChI is InChI=1S/C14H21N3O2/c1-16-10-12(13(18)17(2)14(16)19)9-15-8-11-6-4-3-5-7-11/h3-4,10-11,15H,5-9H2,1-2H3. The first-order valence-electron chi connectivity index (χ1n) is 6.71. The van der Waals surface area contributed by atoms with Crippen molar-refractivity contribution in [2.24, 2.45) is 20.0 Å². The summed E-state index contributed by atoms with van der Waals surface area (Å²) in [5, 5.41) is 3.32. The second kappa shape index (κ2) is 6.02. The maximum absolute atomic E-state index is 11.9. The lowest BCUT2D eigenvalue weighted by atomic mass is 9.94. The van der Waals surface area contributed by atoms with E-state index in [1.54, 1.807) is 13.2 Å². The Labute approximate surface area is 112 Å². The van der Waals surface area contributed by atoms with Gasteiger partial charge in [0.1, 0.15) is 0 Å². The second-order valence-electron chi connectivity index (χ2n) is 5.19. The molecule has 0 saturated carbocycles. The maximum atomic E-state index is 11.9. The van der Waals surface area contributed by atoms with Crippen LogP contribution >= 0.6 is 0 Å². The number of allylic oxidation sites excluding steroid dienone is 2. The molecule has 5 nitrogen and oxygen atoms in total. The van der Waals surface area contributed by atoms with Crippen LogP contribution in [0.5, 0.6) is 0 Å². The SMILES string of the molecule is Cn1cc(CNCC2CC=CCC2)c(=O)n(C)c1=O. The molecule has 0 bridgehead atoms. The van der Waals surface area contributed by atoms with Crippen LogP contribution in [0.2, 0.25) is 0 Å². The molecule has 0 spiro atoms. The van der Waals surface area contributed by atoms with Crippen molar-refractivity contribution in [1.29, 1.82) is 0 Å². The third-order valence-electron chi connectivity index (χ3n) is 3.64. The fourth-order valence-corrected chi connectivity index (χ4v) is 2.46. The number of hydrogen-bond donors (Lipinski definition) is 1. The average Bonchev–Trinajstić information content (AvgIpc) is 2.43. The third kappa shape index (κ3) is 3.23. The molecule has 19 heavy (non-hydrogen) atoms. The second-order valence-corrected chi connectivity index (χ2v) is 5.19. The summed E-state index contributed by atoms with van der Waals surface area (Å²) >= 11 is 0. The molecule has 0 fully saturated rings. The lowest BCUT2D eigenvalue weighted by molar-refractivity contribution is 0.438. The number of aromatic nitrogens is 2. The minimum absolute atomic E-state index is 0.209. The molecule has 1 aliphatic carbocycles. The van der Waals surface area contributed by atoms with Gasteiger partial charge in [0, 0.05) is 32.4 Å². The predicted molar refractivity (Wildman–Crippen MR) is 75.1 cm³/mol. The van der Waals surface area contributed by atoms with E-state index in [0.717, 1.165) is 24.0 Å². The molecular weight excluding hydrogens is 242 g/mol. The zero-order valence-electron chi connectivity index (χ0n) is 11.6. The molecule has 0 saturated heterocycles. The van der Waals surface area contributed by atoms with Gasteiger partial charge in [-0.3, -0.25) is 9.36 Å². The van der Waals surface area contributed by atoms with Gasteiger partial charge in [-0.15, -0.1) is 0 Å². The highest BCUT2D eigenvalue weighted by molar-refractivity contribution is 5.05. The number of nitrogens with zero attached hydrogens (tertiary/aromatic N) is 2. The van der Waals surface area contributed by atoms with Crippen LogP contribution in [0.15, 0.2) is 27.9 Å². The first-order valence-corrected chi connectivity index (χ1v) is 6.71. The fourth-order valence-electron chi connectivity index (χ4n) is 2.46. The Morgan fingerprint density at radius 3 is 2.79 bits per heavy atom. The van der Waals surface area contributed by atoms with Crippen molar-refractivity contribution in [1.82, 2.24) is 14.5 Å². The van der Waals surface area contributed by atoms with Crippen molar-refractivity contribution in [3.63, 3.8) is 0 Å². The van der Waals surface area contributed by atoms with Crippen molar-refractivity contribution in [3.05, 3.63) is 44.8 Å². The fraction of sp³-hybridized carbons (Fsp3) is 0.571. The summed E-state index contributed by atoms with van der Waals surface area (Å²) in [5.41, 5.74) is 0.140. The highest BCUT2D eigenvalue weighted by Crippen LogP contribution is 2.16.